The summed E-state index contributed by atoms with van der Waals surface area (Å²) >= 11 is 3.69. The van der Waals surface area contributed by atoms with E-state index in [2.05, 4.69) is 22.9 Å². The lowest BCUT2D eigenvalue weighted by Gasteiger charge is -2.36. The zero-order chi connectivity index (χ0) is 11.4. The highest BCUT2D eigenvalue weighted by atomic mass is 79.9. The van der Waals surface area contributed by atoms with E-state index in [0.717, 1.165) is 18.0 Å². The standard InChI is InChI=1S/C13H23BrO2/c1-2-3-10-8-15-13(16-9-10)11-4-6-12(14)7-5-11/h10-13H,2-9H2,1H3. The van der Waals surface area contributed by atoms with Crippen LogP contribution in [0.15, 0.2) is 0 Å². The lowest BCUT2D eigenvalue weighted by molar-refractivity contribution is -0.228. The second kappa shape index (κ2) is 6.36. The number of alkyl halides is 1. The van der Waals surface area contributed by atoms with Crippen molar-refractivity contribution in [2.24, 2.45) is 11.8 Å². The molecular weight excluding hydrogens is 268 g/mol. The zero-order valence-corrected chi connectivity index (χ0v) is 11.7. The lowest BCUT2D eigenvalue weighted by Crippen LogP contribution is -2.38. The second-order valence-corrected chi connectivity index (χ2v) is 6.50. The van der Waals surface area contributed by atoms with Crippen LogP contribution in [-0.4, -0.2) is 24.3 Å². The van der Waals surface area contributed by atoms with Crippen LogP contribution in [-0.2, 0) is 9.47 Å². The summed E-state index contributed by atoms with van der Waals surface area (Å²) in [5, 5.41) is 0. The molecular formula is C13H23BrO2. The summed E-state index contributed by atoms with van der Waals surface area (Å²) in [7, 11) is 0. The van der Waals surface area contributed by atoms with Gasteiger partial charge in [-0.1, -0.05) is 29.3 Å². The van der Waals surface area contributed by atoms with E-state index < -0.39 is 0 Å². The Labute approximate surface area is 107 Å². The molecule has 0 radical (unpaired) electrons. The van der Waals surface area contributed by atoms with E-state index in [1.54, 1.807) is 0 Å². The van der Waals surface area contributed by atoms with Gasteiger partial charge in [-0.15, -0.1) is 0 Å². The fourth-order valence-electron chi connectivity index (χ4n) is 2.76. The first-order valence-corrected chi connectivity index (χ1v) is 7.58. The van der Waals surface area contributed by atoms with Gasteiger partial charge in [0.25, 0.3) is 0 Å². The Morgan fingerprint density at radius 1 is 1.06 bits per heavy atom. The second-order valence-electron chi connectivity index (χ2n) is 5.20. The number of rotatable bonds is 3. The van der Waals surface area contributed by atoms with Gasteiger partial charge in [-0.05, 0) is 32.1 Å². The Kier molecular flexibility index (Phi) is 5.11. The third kappa shape index (κ3) is 3.44. The molecule has 0 aromatic heterocycles. The average molecular weight is 291 g/mol. The highest BCUT2D eigenvalue weighted by Crippen LogP contribution is 2.34. The van der Waals surface area contributed by atoms with E-state index in [9.17, 15) is 0 Å². The molecule has 0 aromatic rings. The Bertz CT molecular complexity index is 194. The summed E-state index contributed by atoms with van der Waals surface area (Å²) in [6.07, 6.45) is 7.60. The molecule has 0 unspecified atom stereocenters. The Balaban J connectivity index is 1.72. The van der Waals surface area contributed by atoms with Crippen LogP contribution in [0.5, 0.6) is 0 Å². The van der Waals surface area contributed by atoms with Crippen molar-refractivity contribution in [2.75, 3.05) is 13.2 Å². The number of hydrogen-bond donors (Lipinski definition) is 0. The van der Waals surface area contributed by atoms with Crippen molar-refractivity contribution in [3.05, 3.63) is 0 Å². The van der Waals surface area contributed by atoms with Crippen molar-refractivity contribution in [3.8, 4) is 0 Å². The molecule has 3 heteroatoms. The molecule has 2 aliphatic rings. The molecule has 2 fully saturated rings. The van der Waals surface area contributed by atoms with Crippen molar-refractivity contribution in [2.45, 2.75) is 56.6 Å². The molecule has 0 N–H and O–H groups in total. The van der Waals surface area contributed by atoms with Crippen LogP contribution in [0.3, 0.4) is 0 Å². The van der Waals surface area contributed by atoms with Crippen molar-refractivity contribution in [1.82, 2.24) is 0 Å². The number of ether oxygens (including phenoxy) is 2. The molecule has 1 heterocycles. The summed E-state index contributed by atoms with van der Waals surface area (Å²) in [4.78, 5) is 0.722. The number of halogens is 1. The van der Waals surface area contributed by atoms with Crippen molar-refractivity contribution in [1.29, 1.82) is 0 Å². The third-order valence-corrected chi connectivity index (χ3v) is 4.69. The summed E-state index contributed by atoms with van der Waals surface area (Å²) in [6.45, 7) is 4.04. The largest absolute Gasteiger partial charge is 0.352 e. The Morgan fingerprint density at radius 2 is 1.69 bits per heavy atom. The molecule has 16 heavy (non-hydrogen) atoms. The predicted octanol–water partition coefficient (Wildman–Crippen LogP) is 3.73. The van der Waals surface area contributed by atoms with Crippen LogP contribution in [0.1, 0.15) is 45.4 Å². The van der Waals surface area contributed by atoms with E-state index in [1.807, 2.05) is 0 Å². The molecule has 2 nitrogen and oxygen atoms in total. The first kappa shape index (κ1) is 12.8. The van der Waals surface area contributed by atoms with Crippen molar-refractivity contribution < 1.29 is 9.47 Å². The molecule has 0 atom stereocenters. The molecule has 1 aliphatic heterocycles. The van der Waals surface area contributed by atoms with Gasteiger partial charge in [-0.3, -0.25) is 0 Å². The summed E-state index contributed by atoms with van der Waals surface area (Å²) in [5.41, 5.74) is 0. The van der Waals surface area contributed by atoms with Crippen LogP contribution in [0.4, 0.5) is 0 Å². The molecule has 0 bridgehead atoms. The Hall–Kier alpha value is 0.400. The molecule has 0 aromatic carbocycles. The van der Waals surface area contributed by atoms with Gasteiger partial charge in [0.15, 0.2) is 6.29 Å². The first-order valence-electron chi connectivity index (χ1n) is 6.67. The summed E-state index contributed by atoms with van der Waals surface area (Å²) in [5.74, 6) is 1.27. The summed E-state index contributed by atoms with van der Waals surface area (Å²) in [6, 6.07) is 0. The van der Waals surface area contributed by atoms with Crippen LogP contribution in [0.25, 0.3) is 0 Å². The fraction of sp³-hybridized carbons (Fsp3) is 1.00. The quantitative estimate of drug-likeness (QED) is 0.738. The van der Waals surface area contributed by atoms with Gasteiger partial charge < -0.3 is 9.47 Å². The van der Waals surface area contributed by atoms with Crippen LogP contribution in [0.2, 0.25) is 0 Å². The highest BCUT2D eigenvalue weighted by molar-refractivity contribution is 9.09. The van der Waals surface area contributed by atoms with Gasteiger partial charge in [0, 0.05) is 16.7 Å². The third-order valence-electron chi connectivity index (χ3n) is 3.78. The maximum atomic E-state index is 5.88. The molecule has 94 valence electrons. The normalized spacial score (nSPS) is 40.9. The van der Waals surface area contributed by atoms with Crippen molar-refractivity contribution >= 4 is 15.9 Å². The van der Waals surface area contributed by atoms with E-state index in [0.29, 0.717) is 11.8 Å². The van der Waals surface area contributed by atoms with Gasteiger partial charge in [0.05, 0.1) is 13.2 Å². The van der Waals surface area contributed by atoms with Crippen molar-refractivity contribution in [3.63, 3.8) is 0 Å². The van der Waals surface area contributed by atoms with E-state index >= 15 is 0 Å². The van der Waals surface area contributed by atoms with Crippen LogP contribution in [0, 0.1) is 11.8 Å². The monoisotopic (exact) mass is 290 g/mol. The van der Waals surface area contributed by atoms with Gasteiger partial charge in [0.2, 0.25) is 0 Å². The predicted molar refractivity (Wildman–Crippen MR) is 68.8 cm³/mol. The molecule has 0 spiro atoms. The maximum Gasteiger partial charge on any atom is 0.160 e. The lowest BCUT2D eigenvalue weighted by atomic mass is 9.88. The Morgan fingerprint density at radius 3 is 2.25 bits per heavy atom. The van der Waals surface area contributed by atoms with E-state index in [4.69, 9.17) is 9.47 Å². The minimum Gasteiger partial charge on any atom is -0.352 e. The van der Waals surface area contributed by atoms with Crippen LogP contribution >= 0.6 is 15.9 Å². The first-order chi connectivity index (χ1) is 7.79. The number of hydrogen-bond acceptors (Lipinski definition) is 2. The zero-order valence-electron chi connectivity index (χ0n) is 10.2. The average Bonchev–Trinajstić information content (AvgIpc) is 2.32. The molecule has 0 amide bonds. The minimum atomic E-state index is 0.0908. The van der Waals surface area contributed by atoms with Crippen LogP contribution < -0.4 is 0 Å². The molecule has 1 saturated heterocycles. The van der Waals surface area contributed by atoms with E-state index in [-0.39, 0.29) is 6.29 Å². The van der Waals surface area contributed by atoms with Gasteiger partial charge in [-0.25, -0.2) is 0 Å². The van der Waals surface area contributed by atoms with Gasteiger partial charge in [0.1, 0.15) is 0 Å². The topological polar surface area (TPSA) is 18.5 Å². The fourth-order valence-corrected chi connectivity index (χ4v) is 3.28. The van der Waals surface area contributed by atoms with E-state index in [1.165, 1.54) is 38.5 Å². The molecule has 1 aliphatic carbocycles. The SMILES string of the molecule is CCCC1COC(C2CCC(Br)CC2)OC1. The molecule has 2 rings (SSSR count). The summed E-state index contributed by atoms with van der Waals surface area (Å²) < 4.78 is 11.8. The smallest absolute Gasteiger partial charge is 0.160 e. The molecule has 1 saturated carbocycles. The minimum absolute atomic E-state index is 0.0908. The van der Waals surface area contributed by atoms with Gasteiger partial charge in [-0.2, -0.15) is 0 Å². The van der Waals surface area contributed by atoms with Gasteiger partial charge >= 0.3 is 0 Å². The highest BCUT2D eigenvalue weighted by Gasteiger charge is 2.31. The maximum absolute atomic E-state index is 5.88.